The second-order valence-electron chi connectivity index (χ2n) is 6.31. The van der Waals surface area contributed by atoms with Crippen LogP contribution in [0.3, 0.4) is 0 Å². The Hall–Kier alpha value is -3.38. The summed E-state index contributed by atoms with van der Waals surface area (Å²) in [5, 5.41) is 23.1. The molecule has 0 bridgehead atoms. The quantitative estimate of drug-likeness (QED) is 0.566. The van der Waals surface area contributed by atoms with Crippen LogP contribution in [-0.4, -0.2) is 23.2 Å². The molecule has 0 aromatic heterocycles. The number of hydrogen-bond acceptors (Lipinski definition) is 5. The molecule has 1 atom stereocenters. The number of methoxy groups -OCH3 is 1. The minimum absolute atomic E-state index is 0.0110. The number of phenols is 2. The van der Waals surface area contributed by atoms with Crippen molar-refractivity contribution in [2.24, 2.45) is 0 Å². The van der Waals surface area contributed by atoms with E-state index in [2.05, 4.69) is 5.32 Å². The fourth-order valence-corrected chi connectivity index (χ4v) is 3.55. The van der Waals surface area contributed by atoms with Crippen LogP contribution >= 0.6 is 11.6 Å². The van der Waals surface area contributed by atoms with E-state index in [1.165, 1.54) is 19.2 Å². The maximum absolute atomic E-state index is 13.4. The first-order valence-corrected chi connectivity index (χ1v) is 8.92. The van der Waals surface area contributed by atoms with E-state index in [0.29, 0.717) is 28.3 Å². The number of anilines is 2. The van der Waals surface area contributed by atoms with Crippen molar-refractivity contribution in [2.75, 3.05) is 17.3 Å². The lowest BCUT2D eigenvalue weighted by atomic mass is 10.0. The number of para-hydroxylation sites is 3. The van der Waals surface area contributed by atoms with Crippen LogP contribution in [0.2, 0.25) is 5.02 Å². The number of benzene rings is 3. The van der Waals surface area contributed by atoms with E-state index in [4.69, 9.17) is 16.3 Å². The van der Waals surface area contributed by atoms with Gasteiger partial charge >= 0.3 is 0 Å². The third-order valence-corrected chi connectivity index (χ3v) is 4.94. The van der Waals surface area contributed by atoms with Crippen LogP contribution in [0, 0.1) is 0 Å². The number of hydrogen-bond donors (Lipinski definition) is 3. The van der Waals surface area contributed by atoms with Crippen LogP contribution in [0.1, 0.15) is 22.1 Å². The molecular weight excluding hydrogens is 380 g/mol. The Labute approximate surface area is 166 Å². The summed E-state index contributed by atoms with van der Waals surface area (Å²) in [6.07, 6.45) is -0.678. The summed E-state index contributed by atoms with van der Waals surface area (Å²) in [7, 11) is 1.53. The van der Waals surface area contributed by atoms with Crippen molar-refractivity contribution in [2.45, 2.75) is 6.17 Å². The molecule has 0 fully saturated rings. The van der Waals surface area contributed by atoms with E-state index in [-0.39, 0.29) is 16.7 Å². The van der Waals surface area contributed by atoms with Gasteiger partial charge in [-0.3, -0.25) is 9.69 Å². The Bertz CT molecular complexity index is 1050. The number of ether oxygens (including phenoxy) is 1. The van der Waals surface area contributed by atoms with Crippen molar-refractivity contribution in [3.8, 4) is 17.2 Å². The van der Waals surface area contributed by atoms with Crippen molar-refractivity contribution in [3.63, 3.8) is 0 Å². The Balaban J connectivity index is 1.93. The number of phenolic OH excluding ortho intramolecular Hbond substituents is 2. The lowest BCUT2D eigenvalue weighted by Crippen LogP contribution is -2.43. The molecule has 1 aliphatic rings. The molecule has 7 heteroatoms. The molecule has 0 radical (unpaired) electrons. The average Bonchev–Trinajstić information content (AvgIpc) is 2.71. The summed E-state index contributed by atoms with van der Waals surface area (Å²) in [5.41, 5.74) is 2.24. The predicted octanol–water partition coefficient (Wildman–Crippen LogP) is 4.53. The fourth-order valence-electron chi connectivity index (χ4n) is 3.33. The Morgan fingerprint density at radius 2 is 1.79 bits per heavy atom. The first-order valence-electron chi connectivity index (χ1n) is 8.54. The zero-order valence-electron chi connectivity index (χ0n) is 14.9. The average molecular weight is 397 g/mol. The van der Waals surface area contributed by atoms with Gasteiger partial charge in [0, 0.05) is 11.3 Å². The zero-order chi connectivity index (χ0) is 19.8. The molecule has 6 nitrogen and oxygen atoms in total. The lowest BCUT2D eigenvalue weighted by molar-refractivity contribution is 0.0974. The first-order chi connectivity index (χ1) is 13.5. The molecular formula is C21H17ClN2O4. The predicted molar refractivity (Wildman–Crippen MR) is 107 cm³/mol. The van der Waals surface area contributed by atoms with E-state index in [1.54, 1.807) is 29.2 Å². The van der Waals surface area contributed by atoms with Gasteiger partial charge in [-0.2, -0.15) is 0 Å². The number of carbonyl (C=O) groups is 1. The third-order valence-electron chi connectivity index (χ3n) is 4.65. The molecule has 1 amide bonds. The van der Waals surface area contributed by atoms with Crippen LogP contribution in [0.15, 0.2) is 60.7 Å². The highest BCUT2D eigenvalue weighted by Gasteiger charge is 2.36. The molecule has 3 aromatic carbocycles. The number of rotatable bonds is 3. The minimum Gasteiger partial charge on any atom is -0.504 e. The molecule has 1 aliphatic heterocycles. The summed E-state index contributed by atoms with van der Waals surface area (Å²) >= 11 is 6.06. The summed E-state index contributed by atoms with van der Waals surface area (Å²) in [6, 6.07) is 17.2. The SMILES string of the molecule is COc1ccccc1N1C(=O)c2ccccc2N[C@H]1c1cc(O)c(O)c(Cl)c1. The number of carbonyl (C=O) groups excluding carboxylic acids is 1. The highest BCUT2D eigenvalue weighted by Crippen LogP contribution is 2.43. The van der Waals surface area contributed by atoms with Crippen molar-refractivity contribution in [3.05, 3.63) is 76.8 Å². The molecule has 4 rings (SSSR count). The van der Waals surface area contributed by atoms with Gasteiger partial charge in [0.1, 0.15) is 11.9 Å². The minimum atomic E-state index is -0.678. The van der Waals surface area contributed by atoms with E-state index >= 15 is 0 Å². The number of amides is 1. The highest BCUT2D eigenvalue weighted by atomic mass is 35.5. The molecule has 3 N–H and O–H groups in total. The van der Waals surface area contributed by atoms with Crippen molar-refractivity contribution < 1.29 is 19.7 Å². The molecule has 0 aliphatic carbocycles. The fraction of sp³-hybridized carbons (Fsp3) is 0.0952. The smallest absolute Gasteiger partial charge is 0.262 e. The summed E-state index contributed by atoms with van der Waals surface area (Å²) in [4.78, 5) is 14.9. The van der Waals surface area contributed by atoms with Crippen LogP contribution in [0.4, 0.5) is 11.4 Å². The van der Waals surface area contributed by atoms with Gasteiger partial charge < -0.3 is 20.3 Å². The van der Waals surface area contributed by atoms with Gasteiger partial charge in [-0.25, -0.2) is 0 Å². The molecule has 28 heavy (non-hydrogen) atoms. The molecule has 0 unspecified atom stereocenters. The number of nitrogens with zero attached hydrogens (tertiary/aromatic N) is 1. The maximum atomic E-state index is 13.4. The second-order valence-corrected chi connectivity index (χ2v) is 6.72. The van der Waals surface area contributed by atoms with E-state index in [0.717, 1.165) is 0 Å². The molecule has 0 spiro atoms. The standard InChI is InChI=1S/C21H17ClN2O4/c1-28-18-9-5-4-8-16(18)24-20(12-10-14(22)19(26)17(25)11-12)23-15-7-3-2-6-13(15)21(24)27/h2-11,20,23,25-26H,1H3/t20-/m1/s1. The number of aromatic hydroxyl groups is 2. The molecule has 3 aromatic rings. The maximum Gasteiger partial charge on any atom is 0.262 e. The highest BCUT2D eigenvalue weighted by molar-refractivity contribution is 6.32. The Morgan fingerprint density at radius 3 is 2.54 bits per heavy atom. The third kappa shape index (κ3) is 2.88. The normalized spacial score (nSPS) is 15.7. The number of fused-ring (bicyclic) bond motifs is 1. The van der Waals surface area contributed by atoms with Gasteiger partial charge in [-0.15, -0.1) is 0 Å². The van der Waals surface area contributed by atoms with Crippen molar-refractivity contribution >= 4 is 28.9 Å². The van der Waals surface area contributed by atoms with Gasteiger partial charge in [-0.1, -0.05) is 35.9 Å². The van der Waals surface area contributed by atoms with E-state index < -0.39 is 11.9 Å². The van der Waals surface area contributed by atoms with Gasteiger partial charge in [0.15, 0.2) is 11.5 Å². The molecule has 0 saturated carbocycles. The largest absolute Gasteiger partial charge is 0.504 e. The summed E-state index contributed by atoms with van der Waals surface area (Å²) in [5.74, 6) is -0.476. The second kappa shape index (κ2) is 6.98. The van der Waals surface area contributed by atoms with Crippen LogP contribution in [0.5, 0.6) is 17.2 Å². The van der Waals surface area contributed by atoms with Gasteiger partial charge in [0.2, 0.25) is 0 Å². The first kappa shape index (κ1) is 18.0. The zero-order valence-corrected chi connectivity index (χ0v) is 15.6. The Kier molecular flexibility index (Phi) is 4.49. The van der Waals surface area contributed by atoms with Crippen LogP contribution in [0.25, 0.3) is 0 Å². The molecule has 1 heterocycles. The van der Waals surface area contributed by atoms with Crippen molar-refractivity contribution in [1.29, 1.82) is 0 Å². The monoisotopic (exact) mass is 396 g/mol. The Morgan fingerprint density at radius 1 is 1.07 bits per heavy atom. The van der Waals surface area contributed by atoms with Crippen LogP contribution in [-0.2, 0) is 0 Å². The van der Waals surface area contributed by atoms with Gasteiger partial charge in [0.25, 0.3) is 5.91 Å². The number of nitrogens with one attached hydrogen (secondary N) is 1. The lowest BCUT2D eigenvalue weighted by Gasteiger charge is -2.38. The van der Waals surface area contributed by atoms with E-state index in [9.17, 15) is 15.0 Å². The number of halogens is 1. The summed E-state index contributed by atoms with van der Waals surface area (Å²) < 4.78 is 5.45. The van der Waals surface area contributed by atoms with E-state index in [1.807, 2.05) is 24.3 Å². The summed E-state index contributed by atoms with van der Waals surface area (Å²) in [6.45, 7) is 0. The van der Waals surface area contributed by atoms with Gasteiger partial charge in [0.05, 0.1) is 23.4 Å². The van der Waals surface area contributed by atoms with Gasteiger partial charge in [-0.05, 0) is 36.4 Å². The topological polar surface area (TPSA) is 82.0 Å². The molecule has 0 saturated heterocycles. The van der Waals surface area contributed by atoms with Crippen LogP contribution < -0.4 is 15.0 Å². The molecule has 142 valence electrons. The van der Waals surface area contributed by atoms with Crippen molar-refractivity contribution in [1.82, 2.24) is 0 Å².